The van der Waals surface area contributed by atoms with E-state index in [1.807, 2.05) is 6.92 Å². The summed E-state index contributed by atoms with van der Waals surface area (Å²) in [5, 5.41) is 0. The van der Waals surface area contributed by atoms with E-state index in [1.54, 1.807) is 24.3 Å². The number of pyridine rings is 1. The monoisotopic (exact) mass is 419 g/mol. The molecule has 0 bridgehead atoms. The van der Waals surface area contributed by atoms with Gasteiger partial charge in [-0.1, -0.05) is 17.7 Å². The molecule has 1 saturated heterocycles. The predicted molar refractivity (Wildman–Crippen MR) is 104 cm³/mol. The molecule has 1 amide bonds. The van der Waals surface area contributed by atoms with Gasteiger partial charge in [-0.3, -0.25) is 9.59 Å². The Balaban J connectivity index is 1.54. The summed E-state index contributed by atoms with van der Waals surface area (Å²) in [7, 11) is -3.62. The number of aromatic amines is 1. The molecule has 1 aliphatic rings. The summed E-state index contributed by atoms with van der Waals surface area (Å²) >= 11 is 0. The van der Waals surface area contributed by atoms with Crippen LogP contribution in [0.2, 0.25) is 0 Å². The molecule has 9 nitrogen and oxygen atoms in total. The third kappa shape index (κ3) is 4.72. The normalized spacial score (nSPS) is 15.1. The number of rotatable bonds is 5. The number of ether oxygens (including phenoxy) is 1. The molecule has 10 heteroatoms. The fourth-order valence-corrected chi connectivity index (χ4v) is 4.34. The van der Waals surface area contributed by atoms with Crippen molar-refractivity contribution in [2.24, 2.45) is 0 Å². The summed E-state index contributed by atoms with van der Waals surface area (Å²) in [6.45, 7) is 2.03. The van der Waals surface area contributed by atoms with Crippen LogP contribution in [0.3, 0.4) is 0 Å². The van der Waals surface area contributed by atoms with Gasteiger partial charge in [0, 0.05) is 32.4 Å². The summed E-state index contributed by atoms with van der Waals surface area (Å²) in [6.07, 6.45) is 1.38. The molecule has 0 saturated carbocycles. The molecular weight excluding hydrogens is 398 g/mol. The summed E-state index contributed by atoms with van der Waals surface area (Å²) in [6, 6.07) is 9.38. The summed E-state index contributed by atoms with van der Waals surface area (Å²) < 4.78 is 31.6. The van der Waals surface area contributed by atoms with Crippen LogP contribution >= 0.6 is 0 Å². The van der Waals surface area contributed by atoms with E-state index in [0.29, 0.717) is 0 Å². The zero-order valence-corrected chi connectivity index (χ0v) is 16.6. The van der Waals surface area contributed by atoms with Crippen molar-refractivity contribution >= 4 is 21.9 Å². The SMILES string of the molecule is Cc1ccc(S(=O)(=O)N2CCN(C(=O)COC(=O)c3ccc[nH]c3=O)CC2)cc1. The third-order valence-electron chi connectivity index (χ3n) is 4.61. The smallest absolute Gasteiger partial charge is 0.344 e. The van der Waals surface area contributed by atoms with Gasteiger partial charge in [-0.05, 0) is 31.2 Å². The fourth-order valence-electron chi connectivity index (χ4n) is 2.92. The van der Waals surface area contributed by atoms with Crippen LogP contribution in [0.1, 0.15) is 15.9 Å². The molecule has 0 atom stereocenters. The number of carbonyl (C=O) groups excluding carboxylic acids is 2. The first-order valence-electron chi connectivity index (χ1n) is 8.98. The summed E-state index contributed by atoms with van der Waals surface area (Å²) in [5.74, 6) is -1.33. The van der Waals surface area contributed by atoms with Crippen LogP contribution in [0.25, 0.3) is 0 Å². The number of nitrogens with one attached hydrogen (secondary N) is 1. The number of aromatic nitrogens is 1. The van der Waals surface area contributed by atoms with Gasteiger partial charge < -0.3 is 14.6 Å². The fraction of sp³-hybridized carbons (Fsp3) is 0.316. The number of piperazine rings is 1. The highest BCUT2D eigenvalue weighted by molar-refractivity contribution is 7.89. The number of nitrogens with zero attached hydrogens (tertiary/aromatic N) is 2. The Hall–Kier alpha value is -2.98. The van der Waals surface area contributed by atoms with Crippen LogP contribution < -0.4 is 5.56 Å². The molecule has 0 aliphatic carbocycles. The standard InChI is InChI=1S/C19H21N3O6S/c1-14-4-6-15(7-5-14)29(26,27)22-11-9-21(10-12-22)17(23)13-28-19(25)16-3-2-8-20-18(16)24/h2-8H,9-13H2,1H3,(H,20,24). The minimum Gasteiger partial charge on any atom is -0.452 e. The van der Waals surface area contributed by atoms with Gasteiger partial charge in [0.15, 0.2) is 6.61 Å². The van der Waals surface area contributed by atoms with Crippen LogP contribution in [0.5, 0.6) is 0 Å². The molecule has 2 heterocycles. The van der Waals surface area contributed by atoms with Crippen LogP contribution in [-0.2, 0) is 19.6 Å². The first-order valence-corrected chi connectivity index (χ1v) is 10.4. The van der Waals surface area contributed by atoms with Gasteiger partial charge >= 0.3 is 5.97 Å². The predicted octanol–water partition coefficient (Wildman–Crippen LogP) is 0.373. The topological polar surface area (TPSA) is 117 Å². The van der Waals surface area contributed by atoms with Gasteiger partial charge in [-0.25, -0.2) is 13.2 Å². The Labute approximate surface area is 168 Å². The van der Waals surface area contributed by atoms with Crippen LogP contribution in [0, 0.1) is 6.92 Å². The van der Waals surface area contributed by atoms with Crippen LogP contribution in [-0.4, -0.2) is 67.3 Å². The second kappa shape index (κ2) is 8.58. The van der Waals surface area contributed by atoms with E-state index in [-0.39, 0.29) is 36.6 Å². The number of hydrogen-bond acceptors (Lipinski definition) is 6. The number of esters is 1. The number of H-pyrrole nitrogens is 1. The van der Waals surface area contributed by atoms with Gasteiger partial charge in [-0.15, -0.1) is 0 Å². The maximum atomic E-state index is 12.7. The van der Waals surface area contributed by atoms with Crippen molar-refractivity contribution in [1.82, 2.24) is 14.2 Å². The lowest BCUT2D eigenvalue weighted by atomic mass is 10.2. The Morgan fingerprint density at radius 1 is 1.07 bits per heavy atom. The molecule has 3 rings (SSSR count). The van der Waals surface area contributed by atoms with Crippen LogP contribution in [0.15, 0.2) is 52.3 Å². The van der Waals surface area contributed by atoms with E-state index in [4.69, 9.17) is 4.74 Å². The van der Waals surface area contributed by atoms with Gasteiger partial charge in [0.1, 0.15) is 5.56 Å². The number of amides is 1. The number of carbonyl (C=O) groups is 2. The summed E-state index contributed by atoms with van der Waals surface area (Å²) in [5.41, 5.74) is 0.181. The molecule has 0 unspecified atom stereocenters. The average Bonchev–Trinajstić information content (AvgIpc) is 2.72. The van der Waals surface area contributed by atoms with Crippen molar-refractivity contribution in [3.8, 4) is 0 Å². The van der Waals surface area contributed by atoms with E-state index < -0.39 is 34.1 Å². The molecule has 1 aliphatic heterocycles. The van der Waals surface area contributed by atoms with E-state index in [1.165, 1.54) is 27.5 Å². The van der Waals surface area contributed by atoms with Crippen molar-refractivity contribution in [1.29, 1.82) is 0 Å². The highest BCUT2D eigenvalue weighted by Crippen LogP contribution is 2.18. The lowest BCUT2D eigenvalue weighted by molar-refractivity contribution is -0.135. The molecule has 1 N–H and O–H groups in total. The molecule has 2 aromatic rings. The molecular formula is C19H21N3O6S. The van der Waals surface area contributed by atoms with Crippen LogP contribution in [0.4, 0.5) is 0 Å². The largest absolute Gasteiger partial charge is 0.452 e. The third-order valence-corrected chi connectivity index (χ3v) is 6.53. The lowest BCUT2D eigenvalue weighted by Crippen LogP contribution is -2.51. The quantitative estimate of drug-likeness (QED) is 0.700. The van der Waals surface area contributed by atoms with Gasteiger partial charge in [-0.2, -0.15) is 4.31 Å². The summed E-state index contributed by atoms with van der Waals surface area (Å²) in [4.78, 5) is 39.8. The van der Waals surface area contributed by atoms with Gasteiger partial charge in [0.2, 0.25) is 10.0 Å². The Morgan fingerprint density at radius 3 is 2.34 bits per heavy atom. The first kappa shape index (κ1) is 20.7. The lowest BCUT2D eigenvalue weighted by Gasteiger charge is -2.33. The van der Waals surface area contributed by atoms with Crippen molar-refractivity contribution in [2.75, 3.05) is 32.8 Å². The number of benzene rings is 1. The minimum atomic E-state index is -3.62. The first-order chi connectivity index (χ1) is 13.8. The van der Waals surface area contributed by atoms with Gasteiger partial charge in [0.05, 0.1) is 4.90 Å². The van der Waals surface area contributed by atoms with E-state index in [0.717, 1.165) is 5.56 Å². The minimum absolute atomic E-state index is 0.147. The van der Waals surface area contributed by atoms with Crippen molar-refractivity contribution in [2.45, 2.75) is 11.8 Å². The molecule has 0 radical (unpaired) electrons. The maximum Gasteiger partial charge on any atom is 0.344 e. The molecule has 1 fully saturated rings. The molecule has 29 heavy (non-hydrogen) atoms. The Morgan fingerprint density at radius 2 is 1.72 bits per heavy atom. The van der Waals surface area contributed by atoms with E-state index >= 15 is 0 Å². The highest BCUT2D eigenvalue weighted by atomic mass is 32.2. The molecule has 154 valence electrons. The highest BCUT2D eigenvalue weighted by Gasteiger charge is 2.30. The van der Waals surface area contributed by atoms with Crippen molar-refractivity contribution < 1.29 is 22.7 Å². The Bertz CT molecular complexity index is 1050. The van der Waals surface area contributed by atoms with Crippen molar-refractivity contribution in [3.05, 3.63) is 64.1 Å². The number of aryl methyl sites for hydroxylation is 1. The zero-order valence-electron chi connectivity index (χ0n) is 15.8. The molecule has 1 aromatic heterocycles. The second-order valence-electron chi connectivity index (χ2n) is 6.59. The number of sulfonamides is 1. The second-order valence-corrected chi connectivity index (χ2v) is 8.52. The van der Waals surface area contributed by atoms with Gasteiger partial charge in [0.25, 0.3) is 11.5 Å². The van der Waals surface area contributed by atoms with E-state index in [9.17, 15) is 22.8 Å². The molecule has 1 aromatic carbocycles. The average molecular weight is 419 g/mol. The zero-order chi connectivity index (χ0) is 21.0. The Kier molecular flexibility index (Phi) is 6.14. The number of hydrogen-bond donors (Lipinski definition) is 1. The van der Waals surface area contributed by atoms with E-state index in [2.05, 4.69) is 4.98 Å². The van der Waals surface area contributed by atoms with Crippen molar-refractivity contribution in [3.63, 3.8) is 0 Å². The maximum absolute atomic E-state index is 12.7. The molecule has 0 spiro atoms.